The third-order valence-corrected chi connectivity index (χ3v) is 7.68. The first-order valence-electron chi connectivity index (χ1n) is 9.98. The minimum Gasteiger partial charge on any atom is -0.457 e. The monoisotopic (exact) mass is 463 g/mol. The molecule has 8 nitrogen and oxygen atoms in total. The van der Waals surface area contributed by atoms with Gasteiger partial charge in [0.25, 0.3) is 5.91 Å². The molecule has 2 N–H and O–H groups in total. The van der Waals surface area contributed by atoms with Gasteiger partial charge in [-0.3, -0.25) is 10.1 Å². The van der Waals surface area contributed by atoms with Crippen molar-refractivity contribution in [2.45, 2.75) is 30.2 Å². The maximum atomic E-state index is 13.1. The number of nitrogens with one attached hydrogen (secondary N) is 2. The number of sulfonamides is 1. The van der Waals surface area contributed by atoms with E-state index in [4.69, 9.17) is 16.3 Å². The number of amides is 3. The number of hydrogen-bond donors (Lipinski definition) is 2. The first-order chi connectivity index (χ1) is 14.8. The van der Waals surface area contributed by atoms with Gasteiger partial charge in [-0.25, -0.2) is 13.2 Å². The Kier molecular flexibility index (Phi) is 6.17. The lowest BCUT2D eigenvalue weighted by Gasteiger charge is -2.21. The van der Waals surface area contributed by atoms with Crippen LogP contribution in [-0.2, 0) is 14.8 Å². The van der Waals surface area contributed by atoms with Gasteiger partial charge in [-0.2, -0.15) is 4.31 Å². The van der Waals surface area contributed by atoms with E-state index in [2.05, 4.69) is 10.6 Å². The number of halogens is 1. The lowest BCUT2D eigenvalue weighted by atomic mass is 9.92. The number of imide groups is 1. The van der Waals surface area contributed by atoms with Crippen molar-refractivity contribution in [2.24, 2.45) is 5.92 Å². The van der Waals surface area contributed by atoms with E-state index >= 15 is 0 Å². The first-order valence-corrected chi connectivity index (χ1v) is 11.8. The fourth-order valence-corrected chi connectivity index (χ4v) is 5.52. The molecular weight excluding hydrogens is 442 g/mol. The topological polar surface area (TPSA) is 105 Å². The van der Waals surface area contributed by atoms with E-state index in [0.29, 0.717) is 42.3 Å². The summed E-state index contributed by atoms with van der Waals surface area (Å²) in [5.74, 6) is 0.672. The van der Waals surface area contributed by atoms with E-state index in [1.54, 1.807) is 36.4 Å². The summed E-state index contributed by atoms with van der Waals surface area (Å²) in [5.41, 5.74) is 0. The van der Waals surface area contributed by atoms with Crippen LogP contribution < -0.4 is 15.4 Å². The molecule has 0 bridgehead atoms. The fourth-order valence-electron chi connectivity index (χ4n) is 3.90. The molecule has 10 heteroatoms. The summed E-state index contributed by atoms with van der Waals surface area (Å²) in [6.45, 7) is 0.653. The lowest BCUT2D eigenvalue weighted by molar-refractivity contribution is -0.121. The van der Waals surface area contributed by atoms with E-state index < -0.39 is 22.1 Å². The van der Waals surface area contributed by atoms with Crippen molar-refractivity contribution < 1.29 is 22.7 Å². The molecular formula is C21H22ClN3O5S. The van der Waals surface area contributed by atoms with Crippen LogP contribution in [-0.4, -0.2) is 43.8 Å². The molecule has 0 aliphatic carbocycles. The largest absolute Gasteiger partial charge is 0.457 e. The summed E-state index contributed by atoms with van der Waals surface area (Å²) >= 11 is 5.87. The van der Waals surface area contributed by atoms with Crippen molar-refractivity contribution in [2.75, 3.05) is 13.1 Å². The summed E-state index contributed by atoms with van der Waals surface area (Å²) in [4.78, 5) is 23.5. The predicted octanol–water partition coefficient (Wildman–Crippen LogP) is 3.13. The highest BCUT2D eigenvalue weighted by Gasteiger charge is 2.38. The Balaban J connectivity index is 1.42. The predicted molar refractivity (Wildman–Crippen MR) is 115 cm³/mol. The van der Waals surface area contributed by atoms with Gasteiger partial charge < -0.3 is 10.1 Å². The SMILES string of the molecule is O=C1NC(=O)C(C2CCCN(S(=O)(=O)c3ccc(Oc4ccc(Cl)cc4)cc3)CC2)N1. The van der Waals surface area contributed by atoms with Crippen molar-refractivity contribution in [1.82, 2.24) is 14.9 Å². The van der Waals surface area contributed by atoms with Crippen molar-refractivity contribution in [1.29, 1.82) is 0 Å². The Morgan fingerprint density at radius 2 is 1.58 bits per heavy atom. The van der Waals surface area contributed by atoms with Gasteiger partial charge in [0.15, 0.2) is 0 Å². The van der Waals surface area contributed by atoms with Crippen LogP contribution in [0.1, 0.15) is 19.3 Å². The molecule has 31 heavy (non-hydrogen) atoms. The molecule has 2 aromatic carbocycles. The number of carbonyl (C=O) groups excluding carboxylic acids is 2. The van der Waals surface area contributed by atoms with Crippen molar-refractivity contribution in [3.8, 4) is 11.5 Å². The molecule has 2 aliphatic heterocycles. The molecule has 0 saturated carbocycles. The molecule has 0 spiro atoms. The van der Waals surface area contributed by atoms with Crippen LogP contribution in [0.3, 0.4) is 0 Å². The average molecular weight is 464 g/mol. The fraction of sp³-hybridized carbons (Fsp3) is 0.333. The lowest BCUT2D eigenvalue weighted by Crippen LogP contribution is -2.38. The van der Waals surface area contributed by atoms with Crippen LogP contribution in [0.5, 0.6) is 11.5 Å². The quantitative estimate of drug-likeness (QED) is 0.663. The van der Waals surface area contributed by atoms with Gasteiger partial charge in [-0.15, -0.1) is 0 Å². The van der Waals surface area contributed by atoms with Gasteiger partial charge in [-0.1, -0.05) is 11.6 Å². The summed E-state index contributed by atoms with van der Waals surface area (Å²) in [6, 6.07) is 12.1. The second-order valence-electron chi connectivity index (χ2n) is 7.56. The van der Waals surface area contributed by atoms with Gasteiger partial charge in [0.1, 0.15) is 17.5 Å². The number of urea groups is 1. The van der Waals surface area contributed by atoms with Crippen LogP contribution in [0.25, 0.3) is 0 Å². The van der Waals surface area contributed by atoms with Crippen molar-refractivity contribution in [3.05, 3.63) is 53.6 Å². The molecule has 2 fully saturated rings. The van der Waals surface area contributed by atoms with E-state index in [0.717, 1.165) is 0 Å². The first kappa shape index (κ1) is 21.6. The Labute approximate surface area is 185 Å². The minimum absolute atomic E-state index is 0.0956. The van der Waals surface area contributed by atoms with Crippen molar-refractivity contribution >= 4 is 33.6 Å². The normalized spacial score (nSPS) is 22.5. The zero-order valence-electron chi connectivity index (χ0n) is 16.6. The molecule has 2 aromatic rings. The van der Waals surface area contributed by atoms with Gasteiger partial charge >= 0.3 is 6.03 Å². The molecule has 2 saturated heterocycles. The van der Waals surface area contributed by atoms with E-state index in [-0.39, 0.29) is 23.3 Å². The van der Waals surface area contributed by atoms with Crippen LogP contribution in [0.2, 0.25) is 5.02 Å². The standard InChI is InChI=1S/C21H22ClN3O5S/c22-15-3-5-16(6-4-15)30-17-7-9-18(10-8-17)31(28,29)25-12-1-2-14(11-13-25)19-20(26)24-21(27)23-19/h3-10,14,19H,1-2,11-13H2,(H2,23,24,26,27). The van der Waals surface area contributed by atoms with Gasteiger partial charge in [0.2, 0.25) is 10.0 Å². The highest BCUT2D eigenvalue weighted by atomic mass is 35.5. The molecule has 0 radical (unpaired) electrons. The molecule has 3 amide bonds. The number of rotatable bonds is 5. The second-order valence-corrected chi connectivity index (χ2v) is 9.94. The Morgan fingerprint density at radius 3 is 2.19 bits per heavy atom. The van der Waals surface area contributed by atoms with Crippen LogP contribution >= 0.6 is 11.6 Å². The van der Waals surface area contributed by atoms with Crippen LogP contribution in [0, 0.1) is 5.92 Å². The minimum atomic E-state index is -3.68. The maximum Gasteiger partial charge on any atom is 0.322 e. The van der Waals surface area contributed by atoms with Crippen LogP contribution in [0.15, 0.2) is 53.4 Å². The number of carbonyl (C=O) groups is 2. The molecule has 2 heterocycles. The van der Waals surface area contributed by atoms with Gasteiger partial charge in [0, 0.05) is 18.1 Å². The molecule has 0 aromatic heterocycles. The zero-order valence-corrected chi connectivity index (χ0v) is 18.2. The molecule has 2 atom stereocenters. The molecule has 2 aliphatic rings. The number of benzene rings is 2. The highest BCUT2D eigenvalue weighted by molar-refractivity contribution is 7.89. The summed E-state index contributed by atoms with van der Waals surface area (Å²) in [6.07, 6.45) is 1.77. The van der Waals surface area contributed by atoms with E-state index in [1.807, 2.05) is 0 Å². The summed E-state index contributed by atoms with van der Waals surface area (Å²) < 4.78 is 33.4. The summed E-state index contributed by atoms with van der Waals surface area (Å²) in [5, 5.41) is 5.47. The molecule has 164 valence electrons. The smallest absolute Gasteiger partial charge is 0.322 e. The van der Waals surface area contributed by atoms with Gasteiger partial charge in [0.05, 0.1) is 4.90 Å². The Hall–Kier alpha value is -2.62. The Bertz CT molecular complexity index is 1070. The summed E-state index contributed by atoms with van der Waals surface area (Å²) in [7, 11) is -3.68. The molecule has 2 unspecified atom stereocenters. The highest BCUT2D eigenvalue weighted by Crippen LogP contribution is 2.28. The molecule has 4 rings (SSSR count). The Morgan fingerprint density at radius 1 is 0.935 bits per heavy atom. The van der Waals surface area contributed by atoms with Gasteiger partial charge in [-0.05, 0) is 73.7 Å². The number of nitrogens with zero attached hydrogens (tertiary/aromatic N) is 1. The number of ether oxygens (including phenoxy) is 1. The number of hydrogen-bond acceptors (Lipinski definition) is 5. The second kappa shape index (κ2) is 8.86. The average Bonchev–Trinajstić information content (AvgIpc) is 2.93. The van der Waals surface area contributed by atoms with Crippen LogP contribution in [0.4, 0.5) is 4.79 Å². The maximum absolute atomic E-state index is 13.1. The zero-order chi connectivity index (χ0) is 22.0. The third kappa shape index (κ3) is 4.84. The van der Waals surface area contributed by atoms with E-state index in [1.165, 1.54) is 16.4 Å². The third-order valence-electron chi connectivity index (χ3n) is 5.52. The van der Waals surface area contributed by atoms with Crippen molar-refractivity contribution in [3.63, 3.8) is 0 Å². The van der Waals surface area contributed by atoms with E-state index in [9.17, 15) is 18.0 Å².